The van der Waals surface area contributed by atoms with Crippen LogP contribution in [0.2, 0.25) is 5.02 Å². The van der Waals surface area contributed by atoms with Crippen molar-refractivity contribution in [2.24, 2.45) is 11.8 Å². The minimum Gasteiger partial charge on any atom is -0.366 e. The molecule has 4 nitrogen and oxygen atoms in total. The van der Waals surface area contributed by atoms with Crippen LogP contribution in [0.1, 0.15) is 25.7 Å². The fourth-order valence-corrected chi connectivity index (χ4v) is 3.82. The minimum atomic E-state index is -0.444. The first kappa shape index (κ1) is 16.8. The van der Waals surface area contributed by atoms with Crippen molar-refractivity contribution in [1.29, 1.82) is 0 Å². The van der Waals surface area contributed by atoms with E-state index in [2.05, 4.69) is 15.6 Å². The Hall–Kier alpha value is -2.40. The molecule has 5 rings (SSSR count). The summed E-state index contributed by atoms with van der Waals surface area (Å²) in [7, 11) is 0. The lowest BCUT2D eigenvalue weighted by molar-refractivity contribution is 0.566. The van der Waals surface area contributed by atoms with Crippen LogP contribution < -0.4 is 10.6 Å². The van der Waals surface area contributed by atoms with Gasteiger partial charge in [-0.2, -0.15) is 4.98 Å². The SMILES string of the molecule is Fc1ccc(Nc2nc(NC(C3CC3)C3CC3)c3ccccc3n2)cc1Cl. The lowest BCUT2D eigenvalue weighted by Gasteiger charge is -2.20. The van der Waals surface area contributed by atoms with Crippen LogP contribution in [0, 0.1) is 17.7 Å². The molecule has 0 bridgehead atoms. The highest BCUT2D eigenvalue weighted by molar-refractivity contribution is 6.31. The van der Waals surface area contributed by atoms with Crippen molar-refractivity contribution in [3.63, 3.8) is 0 Å². The van der Waals surface area contributed by atoms with Gasteiger partial charge in [0.2, 0.25) is 5.95 Å². The Morgan fingerprint density at radius 2 is 1.74 bits per heavy atom. The standard InChI is InChI=1S/C21H20ClFN4/c22-16-11-14(9-10-17(16)23)24-21-25-18-4-2-1-3-15(18)20(27-21)26-19(12-5-6-12)13-7-8-13/h1-4,9-13,19H,5-8H2,(H2,24,25,26,27). The van der Waals surface area contributed by atoms with E-state index in [0.29, 0.717) is 17.7 Å². The van der Waals surface area contributed by atoms with E-state index in [9.17, 15) is 4.39 Å². The lowest BCUT2D eigenvalue weighted by atomic mass is 10.1. The number of para-hydroxylation sites is 1. The first-order valence-electron chi connectivity index (χ1n) is 9.43. The van der Waals surface area contributed by atoms with Crippen LogP contribution in [0.15, 0.2) is 42.5 Å². The maximum absolute atomic E-state index is 13.4. The second-order valence-electron chi connectivity index (χ2n) is 7.51. The average Bonchev–Trinajstić information content (AvgIpc) is 3.55. The summed E-state index contributed by atoms with van der Waals surface area (Å²) >= 11 is 5.89. The van der Waals surface area contributed by atoms with Crippen molar-refractivity contribution >= 4 is 40.0 Å². The molecule has 1 aromatic heterocycles. The number of benzene rings is 2. The van der Waals surface area contributed by atoms with Crippen molar-refractivity contribution in [2.75, 3.05) is 10.6 Å². The average molecular weight is 383 g/mol. The first-order chi connectivity index (χ1) is 13.2. The van der Waals surface area contributed by atoms with Gasteiger partial charge in [0.15, 0.2) is 0 Å². The molecule has 1 heterocycles. The highest BCUT2D eigenvalue weighted by atomic mass is 35.5. The third kappa shape index (κ3) is 3.56. The number of nitrogens with zero attached hydrogens (tertiary/aromatic N) is 2. The van der Waals surface area contributed by atoms with Gasteiger partial charge >= 0.3 is 0 Å². The van der Waals surface area contributed by atoms with E-state index in [1.165, 1.54) is 31.7 Å². The molecule has 27 heavy (non-hydrogen) atoms. The molecule has 0 saturated heterocycles. The van der Waals surface area contributed by atoms with E-state index < -0.39 is 5.82 Å². The zero-order chi connectivity index (χ0) is 18.4. The normalized spacial score (nSPS) is 16.7. The van der Waals surface area contributed by atoms with Crippen LogP contribution in [0.5, 0.6) is 0 Å². The molecular weight excluding hydrogens is 363 g/mol. The number of nitrogens with one attached hydrogen (secondary N) is 2. The largest absolute Gasteiger partial charge is 0.366 e. The van der Waals surface area contributed by atoms with E-state index in [1.807, 2.05) is 24.3 Å². The molecule has 6 heteroatoms. The molecule has 0 amide bonds. The molecule has 138 valence electrons. The number of anilines is 3. The van der Waals surface area contributed by atoms with Crippen LogP contribution in [0.25, 0.3) is 10.9 Å². The fraction of sp³-hybridized carbons (Fsp3) is 0.333. The second kappa shape index (κ2) is 6.64. The molecule has 0 radical (unpaired) electrons. The third-order valence-electron chi connectivity index (χ3n) is 5.34. The van der Waals surface area contributed by atoms with Crippen molar-refractivity contribution in [3.8, 4) is 0 Å². The first-order valence-corrected chi connectivity index (χ1v) is 9.80. The van der Waals surface area contributed by atoms with Crippen molar-refractivity contribution < 1.29 is 4.39 Å². The fourth-order valence-electron chi connectivity index (χ4n) is 3.63. The van der Waals surface area contributed by atoms with Gasteiger partial charge in [-0.3, -0.25) is 0 Å². The molecule has 2 aromatic carbocycles. The molecule has 3 aromatic rings. The molecule has 2 saturated carbocycles. The molecule has 2 N–H and O–H groups in total. The molecule has 0 aliphatic heterocycles. The highest BCUT2D eigenvalue weighted by Gasteiger charge is 2.41. The van der Waals surface area contributed by atoms with Crippen LogP contribution in [-0.2, 0) is 0 Å². The number of aromatic nitrogens is 2. The number of halogens is 2. The summed E-state index contributed by atoms with van der Waals surface area (Å²) in [4.78, 5) is 9.35. The summed E-state index contributed by atoms with van der Waals surface area (Å²) in [6.45, 7) is 0. The van der Waals surface area contributed by atoms with Gasteiger partial charge < -0.3 is 10.6 Å². The van der Waals surface area contributed by atoms with Crippen LogP contribution in [0.4, 0.5) is 21.8 Å². The van der Waals surface area contributed by atoms with Crippen molar-refractivity contribution in [1.82, 2.24) is 9.97 Å². The molecule has 0 spiro atoms. The van der Waals surface area contributed by atoms with E-state index in [-0.39, 0.29) is 5.02 Å². The second-order valence-corrected chi connectivity index (χ2v) is 7.92. The summed E-state index contributed by atoms with van der Waals surface area (Å²) in [5, 5.41) is 7.96. The zero-order valence-electron chi connectivity index (χ0n) is 14.8. The predicted molar refractivity (Wildman–Crippen MR) is 107 cm³/mol. The highest BCUT2D eigenvalue weighted by Crippen LogP contribution is 2.46. The molecular formula is C21H20ClFN4. The van der Waals surface area contributed by atoms with Gasteiger partial charge in [-0.15, -0.1) is 0 Å². The summed E-state index contributed by atoms with van der Waals surface area (Å²) in [5.74, 6) is 2.42. The molecule has 0 atom stereocenters. The van der Waals surface area contributed by atoms with Crippen molar-refractivity contribution in [2.45, 2.75) is 31.7 Å². The maximum Gasteiger partial charge on any atom is 0.229 e. The smallest absolute Gasteiger partial charge is 0.229 e. The van der Waals surface area contributed by atoms with Gasteiger partial charge in [-0.1, -0.05) is 23.7 Å². The van der Waals surface area contributed by atoms with Crippen LogP contribution in [-0.4, -0.2) is 16.0 Å². The zero-order valence-corrected chi connectivity index (χ0v) is 15.5. The molecule has 2 aliphatic carbocycles. The Kier molecular flexibility index (Phi) is 4.12. The van der Waals surface area contributed by atoms with Crippen LogP contribution in [0.3, 0.4) is 0 Å². The van der Waals surface area contributed by atoms with Gasteiger partial charge in [-0.05, 0) is 67.9 Å². The maximum atomic E-state index is 13.4. The summed E-state index contributed by atoms with van der Waals surface area (Å²) in [5.41, 5.74) is 1.53. The van der Waals surface area contributed by atoms with Crippen LogP contribution >= 0.6 is 11.6 Å². The minimum absolute atomic E-state index is 0.0710. The van der Waals surface area contributed by atoms with E-state index >= 15 is 0 Å². The summed E-state index contributed by atoms with van der Waals surface area (Å²) < 4.78 is 13.4. The summed E-state index contributed by atoms with van der Waals surface area (Å²) in [6, 6.07) is 13.0. The molecule has 0 unspecified atom stereocenters. The topological polar surface area (TPSA) is 49.8 Å². The Morgan fingerprint density at radius 3 is 2.44 bits per heavy atom. The van der Waals surface area contributed by atoms with Gasteiger partial charge in [0.1, 0.15) is 11.6 Å². The number of hydrogen-bond acceptors (Lipinski definition) is 4. The Morgan fingerprint density at radius 1 is 1.00 bits per heavy atom. The molecule has 2 fully saturated rings. The summed E-state index contributed by atoms with van der Waals surface area (Å²) in [6.07, 6.45) is 5.21. The number of rotatable bonds is 6. The Labute approximate surface area is 162 Å². The van der Waals surface area contributed by atoms with E-state index in [1.54, 1.807) is 12.1 Å². The third-order valence-corrected chi connectivity index (χ3v) is 5.63. The van der Waals surface area contributed by atoms with E-state index in [0.717, 1.165) is 28.6 Å². The van der Waals surface area contributed by atoms with Gasteiger partial charge in [0, 0.05) is 17.1 Å². The van der Waals surface area contributed by atoms with Gasteiger partial charge in [-0.25, -0.2) is 9.37 Å². The quantitative estimate of drug-likeness (QED) is 0.568. The van der Waals surface area contributed by atoms with Crippen molar-refractivity contribution in [3.05, 3.63) is 53.3 Å². The van der Waals surface area contributed by atoms with E-state index in [4.69, 9.17) is 16.6 Å². The monoisotopic (exact) mass is 382 g/mol. The van der Waals surface area contributed by atoms with Gasteiger partial charge in [0.25, 0.3) is 0 Å². The number of fused-ring (bicyclic) bond motifs is 1. The predicted octanol–water partition coefficient (Wildman–Crippen LogP) is 5.77. The lowest BCUT2D eigenvalue weighted by Crippen LogP contribution is -2.25. The Balaban J connectivity index is 1.50. The van der Waals surface area contributed by atoms with Gasteiger partial charge in [0.05, 0.1) is 10.5 Å². The number of hydrogen-bond donors (Lipinski definition) is 2. The Bertz CT molecular complexity index is 989. The molecule has 2 aliphatic rings.